The number of carboxylic acids is 1. The Morgan fingerprint density at radius 1 is 1.13 bits per heavy atom. The minimum absolute atomic E-state index is 0.0333. The van der Waals surface area contributed by atoms with Crippen LogP contribution in [0.2, 0.25) is 5.02 Å². The quantitative estimate of drug-likeness (QED) is 0.0898. The normalized spacial score (nSPS) is 22.4. The Kier molecular flexibility index (Phi) is 12.9. The monoisotopic (exact) mass is 650 g/mol. The van der Waals surface area contributed by atoms with E-state index in [1.165, 1.54) is 18.2 Å². The van der Waals surface area contributed by atoms with E-state index in [4.69, 9.17) is 32.2 Å². The summed E-state index contributed by atoms with van der Waals surface area (Å²) in [5.74, 6) is -2.95. The molecular weight excluding hydrogens is 616 g/mol. The number of aromatic hydroxyl groups is 1. The van der Waals surface area contributed by atoms with Gasteiger partial charge in [-0.15, -0.1) is 12.3 Å². The molecule has 0 aliphatic carbocycles. The predicted molar refractivity (Wildman–Crippen MR) is 157 cm³/mol. The van der Waals surface area contributed by atoms with E-state index in [1.807, 2.05) is 0 Å². The van der Waals surface area contributed by atoms with Crippen molar-refractivity contribution in [1.82, 2.24) is 10.6 Å². The molecule has 0 aromatic heterocycles. The first-order valence-corrected chi connectivity index (χ1v) is 14.2. The maximum Gasteiger partial charge on any atom is 0.364 e. The largest absolute Gasteiger partial charge is 0.506 e. The van der Waals surface area contributed by atoms with Crippen molar-refractivity contribution in [2.45, 2.75) is 62.1 Å². The Morgan fingerprint density at radius 3 is 2.44 bits per heavy atom. The number of carbonyl (C=O) groups is 3. The second-order valence-electron chi connectivity index (χ2n) is 10.2. The van der Waals surface area contributed by atoms with Crippen LogP contribution in [0.25, 0.3) is 0 Å². The maximum atomic E-state index is 12.4. The van der Waals surface area contributed by atoms with E-state index in [9.17, 15) is 45.0 Å². The van der Waals surface area contributed by atoms with Gasteiger partial charge in [0.1, 0.15) is 30.3 Å². The molecule has 0 spiro atoms. The van der Waals surface area contributed by atoms with E-state index in [-0.39, 0.29) is 23.8 Å². The summed E-state index contributed by atoms with van der Waals surface area (Å²) in [5, 5.41) is 66.2. The summed E-state index contributed by atoms with van der Waals surface area (Å²) in [6.45, 7) is -1.55. The smallest absolute Gasteiger partial charge is 0.364 e. The summed E-state index contributed by atoms with van der Waals surface area (Å²) in [4.78, 5) is 36.9. The third-order valence-electron chi connectivity index (χ3n) is 6.90. The molecule has 1 saturated heterocycles. The Balaban J connectivity index is 1.73. The van der Waals surface area contributed by atoms with Crippen LogP contribution in [0.1, 0.15) is 24.0 Å². The molecule has 14 nitrogen and oxygen atoms in total. The molecule has 244 valence electrons. The number of ether oxygens (including phenoxy) is 3. The second kappa shape index (κ2) is 16.4. The van der Waals surface area contributed by atoms with Crippen molar-refractivity contribution in [3.63, 3.8) is 0 Å². The fraction of sp³-hybridized carbons (Fsp3) is 0.433. The number of hydrogen-bond donors (Lipinski definition) is 8. The van der Waals surface area contributed by atoms with E-state index in [2.05, 4.69) is 16.6 Å². The van der Waals surface area contributed by atoms with Gasteiger partial charge in [0.2, 0.25) is 11.8 Å². The van der Waals surface area contributed by atoms with Crippen molar-refractivity contribution in [2.24, 2.45) is 0 Å². The summed E-state index contributed by atoms with van der Waals surface area (Å²) in [7, 11) is 0. The lowest BCUT2D eigenvalue weighted by Crippen LogP contribution is -2.68. The van der Waals surface area contributed by atoms with Gasteiger partial charge in [-0.3, -0.25) is 9.59 Å². The number of phenolic OH excluding ortho intramolecular Hbond substituents is 1. The number of nitrogens with one attached hydrogen (secondary N) is 2. The average Bonchev–Trinajstić information content (AvgIpc) is 3.01. The highest BCUT2D eigenvalue weighted by Gasteiger charge is 2.55. The fourth-order valence-electron chi connectivity index (χ4n) is 4.52. The minimum Gasteiger partial charge on any atom is -0.506 e. The molecule has 6 atom stereocenters. The highest BCUT2D eigenvalue weighted by molar-refractivity contribution is 6.32. The molecule has 8 N–H and O–H groups in total. The topological polar surface area (TPSA) is 224 Å². The molecule has 2 amide bonds. The molecule has 1 aliphatic rings. The van der Waals surface area contributed by atoms with Crippen LogP contribution in [0, 0.1) is 12.3 Å². The van der Waals surface area contributed by atoms with Crippen molar-refractivity contribution >= 4 is 29.4 Å². The molecule has 0 radical (unpaired) electrons. The van der Waals surface area contributed by atoms with Crippen LogP contribution in [-0.2, 0) is 36.9 Å². The Bertz CT molecular complexity index is 1370. The number of halogens is 1. The van der Waals surface area contributed by atoms with Gasteiger partial charge in [-0.25, -0.2) is 4.79 Å². The van der Waals surface area contributed by atoms with Crippen LogP contribution >= 0.6 is 11.6 Å². The number of benzene rings is 2. The first kappa shape index (κ1) is 35.5. The number of aliphatic hydroxyl groups excluding tert-OH is 4. The summed E-state index contributed by atoms with van der Waals surface area (Å²) in [5.41, 5.74) is 0.953. The van der Waals surface area contributed by atoms with Gasteiger partial charge in [0.05, 0.1) is 42.9 Å². The second-order valence-corrected chi connectivity index (χ2v) is 10.6. The first-order valence-electron chi connectivity index (χ1n) is 13.8. The number of hydrogen-bond acceptors (Lipinski definition) is 11. The van der Waals surface area contributed by atoms with E-state index < -0.39 is 73.6 Å². The number of aliphatic carboxylic acids is 1. The molecule has 45 heavy (non-hydrogen) atoms. The van der Waals surface area contributed by atoms with Gasteiger partial charge in [-0.1, -0.05) is 29.8 Å². The summed E-state index contributed by atoms with van der Waals surface area (Å²) in [6, 6.07) is 9.11. The molecule has 0 bridgehead atoms. The van der Waals surface area contributed by atoms with Crippen molar-refractivity contribution in [2.75, 3.05) is 19.8 Å². The van der Waals surface area contributed by atoms with Gasteiger partial charge in [0, 0.05) is 19.4 Å². The lowest BCUT2D eigenvalue weighted by atomic mass is 9.88. The van der Waals surface area contributed by atoms with Crippen LogP contribution in [0.15, 0.2) is 42.5 Å². The molecule has 1 fully saturated rings. The molecule has 3 rings (SSSR count). The zero-order valence-electron chi connectivity index (χ0n) is 24.0. The van der Waals surface area contributed by atoms with Crippen LogP contribution in [0.3, 0.4) is 0 Å². The molecular formula is C30H35ClN2O12. The summed E-state index contributed by atoms with van der Waals surface area (Å²) in [6.07, 6.45) is -2.49. The van der Waals surface area contributed by atoms with Gasteiger partial charge in [-0.05, 0) is 35.4 Å². The lowest BCUT2D eigenvalue weighted by Gasteiger charge is -2.46. The zero-order chi connectivity index (χ0) is 33.1. The highest BCUT2D eigenvalue weighted by Crippen LogP contribution is 2.34. The number of amides is 2. The zero-order valence-corrected chi connectivity index (χ0v) is 24.7. The Labute approximate surface area is 263 Å². The van der Waals surface area contributed by atoms with Crippen LogP contribution in [0.5, 0.6) is 11.5 Å². The van der Waals surface area contributed by atoms with E-state index in [1.54, 1.807) is 24.3 Å². The molecule has 0 saturated carbocycles. The van der Waals surface area contributed by atoms with Crippen molar-refractivity contribution in [3.8, 4) is 23.8 Å². The SMILES string of the molecule is C#CCCOc1ccc(CO[C@]2(C(=O)O)C[C@H](O)[C@@H](NC(=O)CO)[C@H]([C@H](O)[C@H](O)CNC(=O)Cc3ccc(O)c(Cl)c3)O2)cc1. The molecule has 2 aromatic rings. The number of rotatable bonds is 15. The summed E-state index contributed by atoms with van der Waals surface area (Å²) >= 11 is 5.86. The average molecular weight is 651 g/mol. The molecule has 2 aromatic carbocycles. The lowest BCUT2D eigenvalue weighted by molar-refractivity contribution is -0.314. The van der Waals surface area contributed by atoms with Crippen LogP contribution < -0.4 is 15.4 Å². The van der Waals surface area contributed by atoms with Gasteiger partial charge in [-0.2, -0.15) is 0 Å². The predicted octanol–water partition coefficient (Wildman–Crippen LogP) is -0.547. The number of phenols is 1. The molecule has 15 heteroatoms. The fourth-order valence-corrected chi connectivity index (χ4v) is 4.73. The summed E-state index contributed by atoms with van der Waals surface area (Å²) < 4.78 is 16.8. The highest BCUT2D eigenvalue weighted by atomic mass is 35.5. The third kappa shape index (κ3) is 9.77. The Morgan fingerprint density at radius 2 is 1.82 bits per heavy atom. The van der Waals surface area contributed by atoms with Gasteiger partial charge in [0.25, 0.3) is 5.79 Å². The minimum atomic E-state index is -2.53. The van der Waals surface area contributed by atoms with Gasteiger partial charge in [0.15, 0.2) is 0 Å². The van der Waals surface area contributed by atoms with E-state index in [0.717, 1.165) is 0 Å². The standard InChI is InChI=1S/C30H35ClN2O12/c1-2-3-10-43-19-7-4-17(5-8-19)16-44-30(29(41)42)13-22(36)26(33-25(39)15-34)28(45-30)27(40)23(37)14-32-24(38)12-18-6-9-21(35)20(31)11-18/h1,4-9,11,22-23,26-28,34-37,40H,3,10,12-16H2,(H,32,38)(H,33,39)(H,41,42)/t22-,23+,26+,27+,28+,30+/m0/s1. The number of terminal acetylenes is 1. The number of carboxylic acid groups (broad SMARTS) is 1. The Hall–Kier alpha value is -3.94. The van der Waals surface area contributed by atoms with Crippen molar-refractivity contribution in [1.29, 1.82) is 0 Å². The van der Waals surface area contributed by atoms with Crippen LogP contribution in [-0.4, -0.2) is 104 Å². The van der Waals surface area contributed by atoms with Crippen LogP contribution in [0.4, 0.5) is 0 Å². The van der Waals surface area contributed by atoms with E-state index in [0.29, 0.717) is 29.9 Å². The number of aliphatic hydroxyl groups is 4. The van der Waals surface area contributed by atoms with Crippen molar-refractivity contribution in [3.05, 3.63) is 58.6 Å². The maximum absolute atomic E-state index is 12.4. The van der Waals surface area contributed by atoms with E-state index >= 15 is 0 Å². The molecule has 1 heterocycles. The first-order chi connectivity index (χ1) is 21.4. The van der Waals surface area contributed by atoms with Gasteiger partial charge < -0.3 is 55.5 Å². The third-order valence-corrected chi connectivity index (χ3v) is 7.20. The molecule has 0 unspecified atom stereocenters. The van der Waals surface area contributed by atoms with Gasteiger partial charge >= 0.3 is 5.97 Å². The van der Waals surface area contributed by atoms with Crippen molar-refractivity contribution < 1.29 is 59.2 Å². The number of carbonyl (C=O) groups excluding carboxylic acids is 2. The molecule has 1 aliphatic heterocycles.